The Kier molecular flexibility index (Phi) is 4.32. The van der Waals surface area contributed by atoms with Crippen molar-refractivity contribution in [2.45, 2.75) is 13.1 Å². The average Bonchev–Trinajstić information content (AvgIpc) is 2.46. The first-order chi connectivity index (χ1) is 9.45. The molecule has 0 spiro atoms. The van der Waals surface area contributed by atoms with Crippen LogP contribution in [-0.2, 0) is 6.18 Å². The van der Waals surface area contributed by atoms with Crippen LogP contribution >= 0.6 is 0 Å². The molecule has 0 amide bonds. The molecular formula is C14H18F3N3. The Morgan fingerprint density at radius 3 is 2.45 bits per heavy atom. The van der Waals surface area contributed by atoms with Crippen molar-refractivity contribution in [3.05, 3.63) is 30.0 Å². The first-order valence-corrected chi connectivity index (χ1v) is 6.62. The minimum atomic E-state index is -4.40. The third kappa shape index (κ3) is 3.12. The Morgan fingerprint density at radius 2 is 1.95 bits per heavy atom. The minimum absolute atomic E-state index is 0.0267. The summed E-state index contributed by atoms with van der Waals surface area (Å²) in [6, 6.07) is 1.11. The number of hydrogen-bond acceptors (Lipinski definition) is 3. The molecule has 20 heavy (non-hydrogen) atoms. The topological polar surface area (TPSA) is 19.4 Å². The molecule has 0 saturated carbocycles. The van der Waals surface area contributed by atoms with Gasteiger partial charge in [0.1, 0.15) is 5.82 Å². The van der Waals surface area contributed by atoms with Crippen LogP contribution in [0.1, 0.15) is 18.1 Å². The summed E-state index contributed by atoms with van der Waals surface area (Å²) in [6.07, 6.45) is -1.59. The molecule has 1 aromatic heterocycles. The summed E-state index contributed by atoms with van der Waals surface area (Å²) in [5.41, 5.74) is -0.298. The lowest BCUT2D eigenvalue weighted by Crippen LogP contribution is -2.47. The smallest absolute Gasteiger partial charge is 0.354 e. The second-order valence-electron chi connectivity index (χ2n) is 4.76. The Bertz CT molecular complexity index is 477. The maximum Gasteiger partial charge on any atom is 0.419 e. The first kappa shape index (κ1) is 14.8. The van der Waals surface area contributed by atoms with Crippen molar-refractivity contribution in [2.75, 3.05) is 37.6 Å². The zero-order valence-electron chi connectivity index (χ0n) is 11.5. The lowest BCUT2D eigenvalue weighted by molar-refractivity contribution is -0.137. The van der Waals surface area contributed by atoms with E-state index in [0.29, 0.717) is 18.7 Å². The molecule has 3 nitrogen and oxygen atoms in total. The van der Waals surface area contributed by atoms with Gasteiger partial charge in [-0.05, 0) is 18.2 Å². The lowest BCUT2D eigenvalue weighted by Gasteiger charge is -2.35. The fraction of sp³-hybridized carbons (Fsp3) is 0.500. The van der Waals surface area contributed by atoms with Crippen LogP contribution in [0.4, 0.5) is 19.0 Å². The summed E-state index contributed by atoms with van der Waals surface area (Å²) in [7, 11) is 0. The number of pyridine rings is 1. The quantitative estimate of drug-likeness (QED) is 0.851. The highest BCUT2D eigenvalue weighted by Gasteiger charge is 2.36. The number of piperazine rings is 1. The fourth-order valence-corrected chi connectivity index (χ4v) is 2.32. The molecule has 2 rings (SSSR count). The summed E-state index contributed by atoms with van der Waals surface area (Å²) < 4.78 is 39.5. The average molecular weight is 285 g/mol. The molecule has 0 aromatic carbocycles. The molecule has 0 radical (unpaired) electrons. The summed E-state index contributed by atoms with van der Waals surface area (Å²) in [6.45, 7) is 9.12. The summed E-state index contributed by atoms with van der Waals surface area (Å²) >= 11 is 0. The van der Waals surface area contributed by atoms with Crippen molar-refractivity contribution < 1.29 is 13.2 Å². The number of rotatable bonds is 3. The Morgan fingerprint density at radius 1 is 1.30 bits per heavy atom. The van der Waals surface area contributed by atoms with Crippen molar-refractivity contribution in [2.24, 2.45) is 0 Å². The molecular weight excluding hydrogens is 267 g/mol. The first-order valence-electron chi connectivity index (χ1n) is 6.62. The highest BCUT2D eigenvalue weighted by atomic mass is 19.4. The Hall–Kier alpha value is -1.56. The van der Waals surface area contributed by atoms with Gasteiger partial charge in [0.05, 0.1) is 5.56 Å². The van der Waals surface area contributed by atoms with E-state index >= 15 is 0 Å². The molecule has 0 aliphatic carbocycles. The van der Waals surface area contributed by atoms with E-state index in [1.165, 1.54) is 12.3 Å². The third-order valence-corrected chi connectivity index (χ3v) is 3.55. The number of alkyl halides is 3. The van der Waals surface area contributed by atoms with E-state index in [9.17, 15) is 13.2 Å². The van der Waals surface area contributed by atoms with Crippen molar-refractivity contribution >= 4 is 11.9 Å². The maximum atomic E-state index is 13.2. The van der Waals surface area contributed by atoms with Gasteiger partial charge in [0.2, 0.25) is 0 Å². The SMILES string of the molecule is C=Cc1cnc(N2CCN(CC)CC2)c(C(F)(F)F)c1. The third-order valence-electron chi connectivity index (χ3n) is 3.55. The van der Waals surface area contributed by atoms with Crippen LogP contribution in [0.3, 0.4) is 0 Å². The standard InChI is InChI=1S/C14H18F3N3/c1-3-11-9-12(14(15,16)17)13(18-10-11)20-7-5-19(4-2)6-8-20/h3,9-10H,1,4-8H2,2H3. The number of anilines is 1. The molecule has 110 valence electrons. The molecule has 0 atom stereocenters. The van der Waals surface area contributed by atoms with E-state index in [1.807, 2.05) is 6.92 Å². The van der Waals surface area contributed by atoms with Gasteiger partial charge >= 0.3 is 6.18 Å². The van der Waals surface area contributed by atoms with Gasteiger partial charge in [-0.3, -0.25) is 0 Å². The van der Waals surface area contributed by atoms with E-state index in [0.717, 1.165) is 25.7 Å². The van der Waals surface area contributed by atoms with Crippen LogP contribution in [0.15, 0.2) is 18.8 Å². The summed E-state index contributed by atoms with van der Waals surface area (Å²) in [4.78, 5) is 7.93. The van der Waals surface area contributed by atoms with E-state index in [2.05, 4.69) is 16.5 Å². The summed E-state index contributed by atoms with van der Waals surface area (Å²) in [5.74, 6) is 0.0267. The molecule has 0 N–H and O–H groups in total. The Labute approximate surface area is 116 Å². The summed E-state index contributed by atoms with van der Waals surface area (Å²) in [5, 5.41) is 0. The van der Waals surface area contributed by atoms with Crippen LogP contribution < -0.4 is 4.90 Å². The van der Waals surface area contributed by atoms with Crippen LogP contribution in [0.25, 0.3) is 6.08 Å². The number of nitrogens with zero attached hydrogens (tertiary/aromatic N) is 3. The van der Waals surface area contributed by atoms with Crippen LogP contribution in [0, 0.1) is 0 Å². The zero-order chi connectivity index (χ0) is 14.8. The monoisotopic (exact) mass is 285 g/mol. The van der Waals surface area contributed by atoms with Gasteiger partial charge in [0.15, 0.2) is 0 Å². The van der Waals surface area contributed by atoms with Crippen molar-refractivity contribution in [1.29, 1.82) is 0 Å². The van der Waals surface area contributed by atoms with Crippen molar-refractivity contribution in [3.8, 4) is 0 Å². The predicted octanol–water partition coefficient (Wildman–Crippen LogP) is 2.89. The van der Waals surface area contributed by atoms with Gasteiger partial charge in [-0.15, -0.1) is 0 Å². The van der Waals surface area contributed by atoms with Gasteiger partial charge in [0.25, 0.3) is 0 Å². The minimum Gasteiger partial charge on any atom is -0.354 e. The number of hydrogen-bond donors (Lipinski definition) is 0. The second kappa shape index (κ2) is 5.83. The van der Waals surface area contributed by atoms with Crippen LogP contribution in [0.5, 0.6) is 0 Å². The van der Waals surface area contributed by atoms with E-state index < -0.39 is 11.7 Å². The van der Waals surface area contributed by atoms with Crippen LogP contribution in [0.2, 0.25) is 0 Å². The number of aromatic nitrogens is 1. The predicted molar refractivity (Wildman–Crippen MR) is 73.7 cm³/mol. The maximum absolute atomic E-state index is 13.2. The number of likely N-dealkylation sites (N-methyl/N-ethyl adjacent to an activating group) is 1. The van der Waals surface area contributed by atoms with Gasteiger partial charge in [-0.2, -0.15) is 13.2 Å². The molecule has 1 aliphatic rings. The lowest BCUT2D eigenvalue weighted by atomic mass is 10.1. The molecule has 1 aliphatic heterocycles. The molecule has 2 heterocycles. The van der Waals surface area contributed by atoms with Gasteiger partial charge < -0.3 is 9.80 Å². The van der Waals surface area contributed by atoms with Gasteiger partial charge in [-0.1, -0.05) is 19.6 Å². The number of halogens is 3. The molecule has 0 unspecified atom stereocenters. The van der Waals surface area contributed by atoms with Gasteiger partial charge in [0, 0.05) is 32.4 Å². The van der Waals surface area contributed by atoms with Crippen LogP contribution in [-0.4, -0.2) is 42.6 Å². The molecule has 1 saturated heterocycles. The second-order valence-corrected chi connectivity index (χ2v) is 4.76. The molecule has 1 fully saturated rings. The van der Waals surface area contributed by atoms with E-state index in [-0.39, 0.29) is 5.82 Å². The molecule has 6 heteroatoms. The Balaban J connectivity index is 2.29. The molecule has 0 bridgehead atoms. The van der Waals surface area contributed by atoms with Crippen molar-refractivity contribution in [3.63, 3.8) is 0 Å². The van der Waals surface area contributed by atoms with E-state index in [4.69, 9.17) is 0 Å². The molecule has 1 aromatic rings. The van der Waals surface area contributed by atoms with Crippen molar-refractivity contribution in [1.82, 2.24) is 9.88 Å². The fourth-order valence-electron chi connectivity index (χ4n) is 2.32. The van der Waals surface area contributed by atoms with E-state index in [1.54, 1.807) is 4.90 Å². The largest absolute Gasteiger partial charge is 0.419 e. The zero-order valence-corrected chi connectivity index (χ0v) is 11.5. The normalized spacial score (nSPS) is 17.3. The highest BCUT2D eigenvalue weighted by molar-refractivity contribution is 5.56. The highest BCUT2D eigenvalue weighted by Crippen LogP contribution is 2.36. The van der Waals surface area contributed by atoms with Gasteiger partial charge in [-0.25, -0.2) is 4.98 Å².